The van der Waals surface area contributed by atoms with Gasteiger partial charge in [-0.3, -0.25) is 4.79 Å². The van der Waals surface area contributed by atoms with E-state index in [1.54, 1.807) is 0 Å². The molecule has 1 unspecified atom stereocenters. The lowest BCUT2D eigenvalue weighted by molar-refractivity contribution is -0.145. The Balaban J connectivity index is 3.09. The minimum atomic E-state index is -1.43. The summed E-state index contributed by atoms with van der Waals surface area (Å²) >= 11 is 0. The molecule has 0 aromatic carbocycles. The maximum atomic E-state index is 11.6. The Morgan fingerprint density at radius 1 is 1.38 bits per heavy atom. The first-order valence-corrected chi connectivity index (χ1v) is 6.14. The van der Waals surface area contributed by atoms with Crippen LogP contribution in [0.2, 0.25) is 0 Å². The van der Waals surface area contributed by atoms with Gasteiger partial charge in [0, 0.05) is 19.5 Å². The molecular weight excluding hydrogens is 280 g/mol. The quantitative estimate of drug-likeness (QED) is 0.375. The van der Waals surface area contributed by atoms with Crippen molar-refractivity contribution in [1.82, 2.24) is 10.6 Å². The maximum absolute atomic E-state index is 11.6. The normalized spacial score (nSPS) is 21.5. The number of carboxylic acid groups (broad SMARTS) is 2. The summed E-state index contributed by atoms with van der Waals surface area (Å²) in [6, 6.07) is -0.663. The minimum Gasteiger partial charge on any atom is -0.481 e. The number of carboxylic acids is 2. The van der Waals surface area contributed by atoms with E-state index in [1.807, 2.05) is 0 Å². The second kappa shape index (κ2) is 6.27. The first-order chi connectivity index (χ1) is 9.71. The van der Waals surface area contributed by atoms with E-state index < -0.39 is 23.4 Å². The molecule has 8 N–H and O–H groups in total. The number of aliphatic carboxylic acids is 2. The van der Waals surface area contributed by atoms with Gasteiger partial charge in [-0.2, -0.15) is 0 Å². The number of nitrogens with two attached hydrogens (primary N) is 2. The van der Waals surface area contributed by atoms with Crippen molar-refractivity contribution in [3.05, 3.63) is 23.0 Å². The summed E-state index contributed by atoms with van der Waals surface area (Å²) in [5.74, 6) is -2.54. The molecule has 0 saturated carbocycles. The van der Waals surface area contributed by atoms with Gasteiger partial charge < -0.3 is 32.3 Å². The van der Waals surface area contributed by atoms with Crippen molar-refractivity contribution < 1.29 is 24.6 Å². The maximum Gasteiger partial charge on any atom is 0.333 e. The molecule has 0 fully saturated rings. The SMILES string of the molecule is CC1(C(=O)O)C=C(N)C(NC(=O)NCCN)=C(C(=O)O)C1. The fourth-order valence-corrected chi connectivity index (χ4v) is 1.91. The molecule has 0 spiro atoms. The van der Waals surface area contributed by atoms with Crippen molar-refractivity contribution in [2.24, 2.45) is 16.9 Å². The Morgan fingerprint density at radius 2 is 2.00 bits per heavy atom. The van der Waals surface area contributed by atoms with Crippen molar-refractivity contribution >= 4 is 18.0 Å². The van der Waals surface area contributed by atoms with Gasteiger partial charge in [0.05, 0.1) is 22.4 Å². The molecule has 1 rings (SSSR count). The lowest BCUT2D eigenvalue weighted by Gasteiger charge is -2.28. The van der Waals surface area contributed by atoms with Gasteiger partial charge in [0.2, 0.25) is 0 Å². The molecule has 0 aromatic rings. The standard InChI is InChI=1S/C12H18N4O5/c1-12(10(19)20)4-6(9(17)18)8(7(14)5-12)16-11(21)15-3-2-13/h5H,2-4,13-14H2,1H3,(H,17,18)(H,19,20)(H2,15,16,21). The van der Waals surface area contributed by atoms with Crippen molar-refractivity contribution in [3.63, 3.8) is 0 Å². The molecule has 0 heterocycles. The molecule has 116 valence electrons. The minimum absolute atomic E-state index is 0.101. The summed E-state index contributed by atoms with van der Waals surface area (Å²) in [7, 11) is 0. The van der Waals surface area contributed by atoms with Gasteiger partial charge >= 0.3 is 18.0 Å². The highest BCUT2D eigenvalue weighted by Crippen LogP contribution is 2.35. The third-order valence-electron chi connectivity index (χ3n) is 3.02. The highest BCUT2D eigenvalue weighted by atomic mass is 16.4. The lowest BCUT2D eigenvalue weighted by Crippen LogP contribution is -2.42. The van der Waals surface area contributed by atoms with Gasteiger partial charge in [0.1, 0.15) is 0 Å². The van der Waals surface area contributed by atoms with Gasteiger partial charge in [-0.25, -0.2) is 9.59 Å². The Labute approximate surface area is 120 Å². The zero-order valence-electron chi connectivity index (χ0n) is 11.5. The molecular formula is C12H18N4O5. The first-order valence-electron chi connectivity index (χ1n) is 6.14. The molecule has 0 bridgehead atoms. The zero-order valence-corrected chi connectivity index (χ0v) is 11.5. The third kappa shape index (κ3) is 3.72. The summed E-state index contributed by atoms with van der Waals surface area (Å²) in [5, 5.41) is 23.1. The number of nitrogens with one attached hydrogen (secondary N) is 2. The molecule has 2 amide bonds. The predicted octanol–water partition coefficient (Wildman–Crippen LogP) is -1.08. The fourth-order valence-electron chi connectivity index (χ4n) is 1.91. The van der Waals surface area contributed by atoms with Crippen molar-refractivity contribution in [2.45, 2.75) is 13.3 Å². The average molecular weight is 298 g/mol. The lowest BCUT2D eigenvalue weighted by atomic mass is 9.78. The summed E-state index contributed by atoms with van der Waals surface area (Å²) in [5.41, 5.74) is 9.04. The van der Waals surface area contributed by atoms with Crippen LogP contribution in [0.15, 0.2) is 23.0 Å². The van der Waals surface area contributed by atoms with E-state index in [0.29, 0.717) is 0 Å². The van der Waals surface area contributed by atoms with Crippen LogP contribution < -0.4 is 22.1 Å². The Kier molecular flexibility index (Phi) is 4.93. The number of amides is 2. The number of hydrogen-bond donors (Lipinski definition) is 6. The topological polar surface area (TPSA) is 168 Å². The molecule has 0 radical (unpaired) electrons. The van der Waals surface area contributed by atoms with E-state index in [4.69, 9.17) is 16.6 Å². The van der Waals surface area contributed by atoms with Crippen LogP contribution in [0.25, 0.3) is 0 Å². The van der Waals surface area contributed by atoms with Crippen molar-refractivity contribution in [2.75, 3.05) is 13.1 Å². The largest absolute Gasteiger partial charge is 0.481 e. The number of carbonyl (C=O) groups excluding carboxylic acids is 1. The van der Waals surface area contributed by atoms with Gasteiger partial charge in [0.15, 0.2) is 0 Å². The smallest absolute Gasteiger partial charge is 0.333 e. The van der Waals surface area contributed by atoms with Gasteiger partial charge in [-0.1, -0.05) is 0 Å². The van der Waals surface area contributed by atoms with E-state index in [0.717, 1.165) is 0 Å². The molecule has 21 heavy (non-hydrogen) atoms. The summed E-state index contributed by atoms with van der Waals surface area (Å²) in [6.45, 7) is 1.79. The molecule has 1 aliphatic carbocycles. The van der Waals surface area contributed by atoms with Gasteiger partial charge in [0.25, 0.3) is 0 Å². The second-order valence-electron chi connectivity index (χ2n) is 4.83. The van der Waals surface area contributed by atoms with E-state index in [-0.39, 0.29) is 36.5 Å². The first kappa shape index (κ1) is 16.5. The Hall–Kier alpha value is -2.55. The van der Waals surface area contributed by atoms with Crippen LogP contribution in [0.4, 0.5) is 4.79 Å². The van der Waals surface area contributed by atoms with E-state index in [1.165, 1.54) is 13.0 Å². The van der Waals surface area contributed by atoms with Crippen LogP contribution in [0.1, 0.15) is 13.3 Å². The highest BCUT2D eigenvalue weighted by Gasteiger charge is 2.39. The van der Waals surface area contributed by atoms with Crippen molar-refractivity contribution in [1.29, 1.82) is 0 Å². The number of carbonyl (C=O) groups is 3. The molecule has 1 aliphatic rings. The second-order valence-corrected chi connectivity index (χ2v) is 4.83. The van der Waals surface area contributed by atoms with E-state index >= 15 is 0 Å². The van der Waals surface area contributed by atoms with E-state index in [9.17, 15) is 19.5 Å². The molecule has 0 aliphatic heterocycles. The fraction of sp³-hybridized carbons (Fsp3) is 0.417. The van der Waals surface area contributed by atoms with Crippen LogP contribution in [0, 0.1) is 5.41 Å². The molecule has 9 nitrogen and oxygen atoms in total. The summed E-state index contributed by atoms with van der Waals surface area (Å²) in [6.07, 6.45) is 0.936. The summed E-state index contributed by atoms with van der Waals surface area (Å²) in [4.78, 5) is 34.1. The number of hydrogen-bond acceptors (Lipinski definition) is 5. The molecule has 1 atom stereocenters. The van der Waals surface area contributed by atoms with Crippen LogP contribution in [-0.2, 0) is 9.59 Å². The van der Waals surface area contributed by atoms with Crippen LogP contribution in [-0.4, -0.2) is 41.3 Å². The zero-order chi connectivity index (χ0) is 16.2. The third-order valence-corrected chi connectivity index (χ3v) is 3.02. The van der Waals surface area contributed by atoms with E-state index in [2.05, 4.69) is 10.6 Å². The molecule has 0 saturated heterocycles. The number of rotatable bonds is 5. The molecule has 0 aromatic heterocycles. The van der Waals surface area contributed by atoms with Gasteiger partial charge in [-0.05, 0) is 13.0 Å². The average Bonchev–Trinajstić information content (AvgIpc) is 2.38. The molecule has 9 heteroatoms. The number of urea groups is 1. The Bertz CT molecular complexity index is 540. The van der Waals surface area contributed by atoms with Crippen LogP contribution in [0.5, 0.6) is 0 Å². The predicted molar refractivity (Wildman–Crippen MR) is 72.9 cm³/mol. The summed E-state index contributed by atoms with van der Waals surface area (Å²) < 4.78 is 0. The van der Waals surface area contributed by atoms with Gasteiger partial charge in [-0.15, -0.1) is 0 Å². The monoisotopic (exact) mass is 298 g/mol. The van der Waals surface area contributed by atoms with Crippen LogP contribution in [0.3, 0.4) is 0 Å². The Morgan fingerprint density at radius 3 is 2.48 bits per heavy atom. The highest BCUT2D eigenvalue weighted by molar-refractivity contribution is 5.93. The van der Waals surface area contributed by atoms with Crippen LogP contribution >= 0.6 is 0 Å². The van der Waals surface area contributed by atoms with Crippen molar-refractivity contribution in [3.8, 4) is 0 Å².